The van der Waals surface area contributed by atoms with Crippen LogP contribution in [0.15, 0.2) is 24.3 Å². The van der Waals surface area contributed by atoms with E-state index in [0.29, 0.717) is 17.6 Å². The van der Waals surface area contributed by atoms with Crippen LogP contribution in [0.3, 0.4) is 0 Å². The lowest BCUT2D eigenvalue weighted by Crippen LogP contribution is -2.55. The molecule has 2 N–H and O–H groups in total. The van der Waals surface area contributed by atoms with E-state index in [1.54, 1.807) is 0 Å². The highest BCUT2D eigenvalue weighted by atomic mass is 35.5. The van der Waals surface area contributed by atoms with Crippen molar-refractivity contribution >= 4 is 17.6 Å². The minimum absolute atomic E-state index is 0.0274. The topological polar surface area (TPSA) is 47.6 Å². The summed E-state index contributed by atoms with van der Waals surface area (Å²) in [5, 5.41) is 6.73. The number of piperazine rings is 1. The maximum Gasteiger partial charge on any atom is 0.315 e. The highest BCUT2D eigenvalue weighted by molar-refractivity contribution is 6.30. The molecule has 128 valence electrons. The van der Waals surface area contributed by atoms with Crippen LogP contribution >= 0.6 is 11.6 Å². The second-order valence-corrected chi connectivity index (χ2v) is 6.70. The molecule has 1 fully saturated rings. The molecule has 2 rings (SSSR count). The van der Waals surface area contributed by atoms with Crippen LogP contribution in [0, 0.1) is 0 Å². The van der Waals surface area contributed by atoms with E-state index in [0.717, 1.165) is 31.6 Å². The zero-order chi connectivity index (χ0) is 16.8. The minimum Gasteiger partial charge on any atom is -0.337 e. The van der Waals surface area contributed by atoms with Gasteiger partial charge in [0.2, 0.25) is 0 Å². The third-order valence-electron chi connectivity index (χ3n) is 4.44. The third kappa shape index (κ3) is 5.37. The van der Waals surface area contributed by atoms with Gasteiger partial charge in [0.1, 0.15) is 0 Å². The lowest BCUT2D eigenvalue weighted by Gasteiger charge is -2.37. The Bertz CT molecular complexity index is 525. The highest BCUT2D eigenvalue weighted by Gasteiger charge is 2.22. The van der Waals surface area contributed by atoms with Crippen LogP contribution in [0.4, 0.5) is 4.79 Å². The monoisotopic (exact) mass is 338 g/mol. The predicted molar refractivity (Wildman–Crippen MR) is 94.9 cm³/mol. The van der Waals surface area contributed by atoms with E-state index < -0.39 is 0 Å². The van der Waals surface area contributed by atoms with Gasteiger partial charge in [0, 0.05) is 37.2 Å². The number of likely N-dealkylation sites (N-methyl/N-ethyl adjacent to an activating group) is 2. The molecule has 0 bridgehead atoms. The molecule has 0 aromatic heterocycles. The van der Waals surface area contributed by atoms with Crippen molar-refractivity contribution in [1.29, 1.82) is 0 Å². The van der Waals surface area contributed by atoms with Crippen LogP contribution in [0.1, 0.15) is 24.9 Å². The summed E-state index contributed by atoms with van der Waals surface area (Å²) in [6, 6.07) is 7.84. The normalized spacial score (nSPS) is 21.0. The largest absolute Gasteiger partial charge is 0.337 e. The molecule has 23 heavy (non-hydrogen) atoms. The van der Waals surface area contributed by atoms with E-state index in [-0.39, 0.29) is 12.1 Å². The molecule has 2 amide bonds. The Kier molecular flexibility index (Phi) is 6.69. The third-order valence-corrected chi connectivity index (χ3v) is 4.68. The van der Waals surface area contributed by atoms with Crippen molar-refractivity contribution in [2.75, 3.05) is 40.3 Å². The Labute approximate surface area is 144 Å². The van der Waals surface area contributed by atoms with Gasteiger partial charge in [-0.15, -0.1) is 0 Å². The van der Waals surface area contributed by atoms with Crippen LogP contribution in [-0.2, 0) is 0 Å². The SMILES string of the molecule is CC[C@@H](NC(=O)NC[C@@H]1CN(C)CCN1C)c1cccc(Cl)c1. The number of urea groups is 1. The second kappa shape index (κ2) is 8.52. The molecule has 1 aromatic rings. The molecule has 0 radical (unpaired) electrons. The average Bonchev–Trinajstić information content (AvgIpc) is 2.53. The number of carbonyl (C=O) groups is 1. The predicted octanol–water partition coefficient (Wildman–Crippen LogP) is 2.34. The number of nitrogens with one attached hydrogen (secondary N) is 2. The summed E-state index contributed by atoms with van der Waals surface area (Å²) in [4.78, 5) is 16.8. The van der Waals surface area contributed by atoms with Gasteiger partial charge in [0.15, 0.2) is 0 Å². The highest BCUT2D eigenvalue weighted by Crippen LogP contribution is 2.20. The summed E-state index contributed by atoms with van der Waals surface area (Å²) < 4.78 is 0. The van der Waals surface area contributed by atoms with Gasteiger partial charge in [0.05, 0.1) is 6.04 Å². The molecule has 1 aromatic carbocycles. The number of benzene rings is 1. The molecule has 2 atom stereocenters. The Morgan fingerprint density at radius 1 is 1.39 bits per heavy atom. The van der Waals surface area contributed by atoms with Gasteiger partial charge in [-0.3, -0.25) is 4.90 Å². The lowest BCUT2D eigenvalue weighted by atomic mass is 10.1. The first kappa shape index (κ1) is 18.0. The molecular formula is C17H27ClN4O. The van der Waals surface area contributed by atoms with E-state index in [9.17, 15) is 4.79 Å². The van der Waals surface area contributed by atoms with E-state index >= 15 is 0 Å². The van der Waals surface area contributed by atoms with Crippen LogP contribution < -0.4 is 10.6 Å². The van der Waals surface area contributed by atoms with Crippen LogP contribution in [0.5, 0.6) is 0 Å². The summed E-state index contributed by atoms with van der Waals surface area (Å²) in [6.45, 7) is 5.78. The fraction of sp³-hybridized carbons (Fsp3) is 0.588. The summed E-state index contributed by atoms with van der Waals surface area (Å²) in [6.07, 6.45) is 0.819. The first-order chi connectivity index (χ1) is 11.0. The number of amides is 2. The van der Waals surface area contributed by atoms with Gasteiger partial charge in [-0.1, -0.05) is 30.7 Å². The van der Waals surface area contributed by atoms with Crippen molar-refractivity contribution in [3.05, 3.63) is 34.9 Å². The lowest BCUT2D eigenvalue weighted by molar-refractivity contribution is 0.114. The quantitative estimate of drug-likeness (QED) is 0.866. The van der Waals surface area contributed by atoms with Crippen LogP contribution in [-0.4, -0.2) is 62.1 Å². The maximum absolute atomic E-state index is 12.2. The number of halogens is 1. The number of nitrogens with zero attached hydrogens (tertiary/aromatic N) is 2. The van der Waals surface area contributed by atoms with Gasteiger partial charge in [-0.2, -0.15) is 0 Å². The number of rotatable bonds is 5. The second-order valence-electron chi connectivity index (χ2n) is 6.27. The molecular weight excluding hydrogens is 312 g/mol. The number of hydrogen-bond donors (Lipinski definition) is 2. The average molecular weight is 339 g/mol. The minimum atomic E-state index is -0.126. The van der Waals surface area contributed by atoms with E-state index in [2.05, 4.69) is 41.5 Å². The van der Waals surface area contributed by atoms with Gasteiger partial charge >= 0.3 is 6.03 Å². The Balaban J connectivity index is 1.85. The molecule has 0 spiro atoms. The fourth-order valence-electron chi connectivity index (χ4n) is 2.89. The maximum atomic E-state index is 12.2. The van der Waals surface area contributed by atoms with Crippen molar-refractivity contribution in [2.24, 2.45) is 0 Å². The van der Waals surface area contributed by atoms with Crippen molar-refractivity contribution in [3.63, 3.8) is 0 Å². The van der Waals surface area contributed by atoms with Crippen molar-refractivity contribution in [3.8, 4) is 0 Å². The summed E-state index contributed by atoms with van der Waals surface area (Å²) in [7, 11) is 4.23. The zero-order valence-corrected chi connectivity index (χ0v) is 14.9. The fourth-order valence-corrected chi connectivity index (χ4v) is 3.08. The Morgan fingerprint density at radius 3 is 2.87 bits per heavy atom. The van der Waals surface area contributed by atoms with Gasteiger partial charge in [-0.25, -0.2) is 4.79 Å². The van der Waals surface area contributed by atoms with Crippen molar-refractivity contribution in [2.45, 2.75) is 25.4 Å². The summed E-state index contributed by atoms with van der Waals surface area (Å²) in [5.74, 6) is 0. The van der Waals surface area contributed by atoms with E-state index in [4.69, 9.17) is 11.6 Å². The van der Waals surface area contributed by atoms with Crippen LogP contribution in [0.25, 0.3) is 0 Å². The van der Waals surface area contributed by atoms with Crippen LogP contribution in [0.2, 0.25) is 5.02 Å². The molecule has 0 unspecified atom stereocenters. The molecule has 1 aliphatic rings. The number of hydrogen-bond acceptors (Lipinski definition) is 3. The summed E-state index contributed by atoms with van der Waals surface area (Å²) >= 11 is 6.04. The molecule has 1 heterocycles. The van der Waals surface area contributed by atoms with Gasteiger partial charge in [-0.05, 0) is 38.2 Å². The molecule has 0 saturated carbocycles. The zero-order valence-electron chi connectivity index (χ0n) is 14.2. The molecule has 5 nitrogen and oxygen atoms in total. The Hall–Kier alpha value is -1.30. The molecule has 1 aliphatic heterocycles. The molecule has 6 heteroatoms. The first-order valence-corrected chi connectivity index (χ1v) is 8.56. The van der Waals surface area contributed by atoms with Gasteiger partial charge < -0.3 is 15.5 Å². The van der Waals surface area contributed by atoms with E-state index in [1.165, 1.54) is 0 Å². The summed E-state index contributed by atoms with van der Waals surface area (Å²) in [5.41, 5.74) is 1.03. The van der Waals surface area contributed by atoms with Crippen molar-refractivity contribution in [1.82, 2.24) is 20.4 Å². The van der Waals surface area contributed by atoms with Crippen molar-refractivity contribution < 1.29 is 4.79 Å². The molecule has 0 aliphatic carbocycles. The first-order valence-electron chi connectivity index (χ1n) is 8.18. The Morgan fingerprint density at radius 2 is 2.17 bits per heavy atom. The molecule has 1 saturated heterocycles. The van der Waals surface area contributed by atoms with Gasteiger partial charge in [0.25, 0.3) is 0 Å². The standard InChI is InChI=1S/C17H27ClN4O/c1-4-16(13-6-5-7-14(18)10-13)20-17(23)19-11-15-12-21(2)8-9-22(15)3/h5-7,10,15-16H,4,8-9,11-12H2,1-3H3,(H2,19,20,23)/t15-,16-/m1/s1. The van der Waals surface area contributed by atoms with E-state index in [1.807, 2.05) is 24.3 Å². The number of carbonyl (C=O) groups excluding carboxylic acids is 1. The smallest absolute Gasteiger partial charge is 0.315 e.